The van der Waals surface area contributed by atoms with Crippen molar-refractivity contribution in [2.24, 2.45) is 0 Å². The molecule has 0 aromatic carbocycles. The fourth-order valence-corrected chi connectivity index (χ4v) is 3.77. The highest BCUT2D eigenvalue weighted by atomic mass is 32.1. The van der Waals surface area contributed by atoms with Crippen LogP contribution in [0.3, 0.4) is 0 Å². The number of esters is 1. The Kier molecular flexibility index (Phi) is 4.60. The van der Waals surface area contributed by atoms with Gasteiger partial charge in [-0.15, -0.1) is 0 Å². The molecule has 3 atom stereocenters. The third kappa shape index (κ3) is 2.95. The molecule has 2 N–H and O–H groups in total. The zero-order chi connectivity index (χ0) is 15.7. The lowest BCUT2D eigenvalue weighted by molar-refractivity contribution is -0.928. The normalized spacial score (nSPS) is 28.2. The van der Waals surface area contributed by atoms with Crippen molar-refractivity contribution in [3.8, 4) is 0 Å². The van der Waals surface area contributed by atoms with Crippen LogP contribution in [0.1, 0.15) is 31.5 Å². The number of carbonyl (C=O) groups excluding carboxylic acids is 1. The molecule has 0 radical (unpaired) electrons. The van der Waals surface area contributed by atoms with Crippen LogP contribution in [0.2, 0.25) is 0 Å². The highest BCUT2D eigenvalue weighted by Crippen LogP contribution is 2.14. The first-order chi connectivity index (χ1) is 10.6. The zero-order valence-corrected chi connectivity index (χ0v) is 13.6. The third-order valence-corrected chi connectivity index (χ3v) is 5.05. The predicted molar refractivity (Wildman–Crippen MR) is 80.9 cm³/mol. The Hall–Kier alpha value is -1.25. The first-order valence-corrected chi connectivity index (χ1v) is 8.28. The third-order valence-electron chi connectivity index (χ3n) is 4.62. The van der Waals surface area contributed by atoms with Crippen LogP contribution in [0.5, 0.6) is 0 Å². The number of aliphatic hydroxyl groups is 1. The number of likely N-dealkylation sites (tertiary alicyclic amines) is 1. The fourth-order valence-electron chi connectivity index (χ4n) is 3.47. The molecule has 2 aliphatic rings. The van der Waals surface area contributed by atoms with Gasteiger partial charge in [-0.3, -0.25) is 0 Å². The lowest BCUT2D eigenvalue weighted by Gasteiger charge is -2.18. The number of carbonyl (C=O) groups is 1. The van der Waals surface area contributed by atoms with Gasteiger partial charge in [-0.2, -0.15) is 9.78 Å². The Morgan fingerprint density at radius 1 is 1.50 bits per heavy atom. The summed E-state index contributed by atoms with van der Waals surface area (Å²) in [7, 11) is 1.38. The van der Waals surface area contributed by atoms with Crippen LogP contribution in [0, 0.1) is 4.77 Å². The van der Waals surface area contributed by atoms with E-state index in [2.05, 4.69) is 9.67 Å². The summed E-state index contributed by atoms with van der Waals surface area (Å²) < 4.78 is 9.48. The van der Waals surface area contributed by atoms with Crippen molar-refractivity contribution in [3.63, 3.8) is 0 Å². The molecule has 22 heavy (non-hydrogen) atoms. The average Bonchev–Trinajstić information content (AvgIpc) is 2.90. The van der Waals surface area contributed by atoms with Crippen molar-refractivity contribution >= 4 is 18.2 Å². The predicted octanol–water partition coefficient (Wildman–Crippen LogP) is -0.711. The Bertz CT molecular complexity index is 612. The van der Waals surface area contributed by atoms with Crippen molar-refractivity contribution in [2.75, 3.05) is 13.7 Å². The minimum Gasteiger partial charge on any atom is -0.465 e. The number of nitrogens with one attached hydrogen (secondary N) is 1. The number of aliphatic hydroxyl groups excluding tert-OH is 1. The second kappa shape index (κ2) is 6.47. The van der Waals surface area contributed by atoms with E-state index in [1.807, 2.05) is 0 Å². The molecular formula is C14H23N4O3S+. The van der Waals surface area contributed by atoms with E-state index in [-0.39, 0.29) is 12.0 Å². The summed E-state index contributed by atoms with van der Waals surface area (Å²) >= 11 is 5.54. The van der Waals surface area contributed by atoms with E-state index >= 15 is 0 Å². The summed E-state index contributed by atoms with van der Waals surface area (Å²) in [6.07, 6.45) is 4.40. The number of nitrogens with zero attached hydrogens (tertiary/aromatic N) is 3. The smallest absolute Gasteiger partial charge is 0.364 e. The van der Waals surface area contributed by atoms with Gasteiger partial charge in [-0.25, -0.2) is 4.79 Å². The Morgan fingerprint density at radius 2 is 2.32 bits per heavy atom. The molecule has 3 rings (SSSR count). The van der Waals surface area contributed by atoms with Crippen LogP contribution in [0.15, 0.2) is 0 Å². The Morgan fingerprint density at radius 3 is 3.09 bits per heavy atom. The Balaban J connectivity index is 1.81. The average molecular weight is 327 g/mol. The maximum atomic E-state index is 11.9. The fraction of sp³-hybridized carbons (Fsp3) is 0.786. The van der Waals surface area contributed by atoms with Gasteiger partial charge in [0.25, 0.3) is 0 Å². The van der Waals surface area contributed by atoms with Gasteiger partial charge in [0, 0.05) is 19.4 Å². The number of quaternary nitrogens is 1. The summed E-state index contributed by atoms with van der Waals surface area (Å²) in [6.45, 7) is 1.94. The first kappa shape index (κ1) is 15.6. The highest BCUT2D eigenvalue weighted by Gasteiger charge is 2.41. The van der Waals surface area contributed by atoms with Crippen molar-refractivity contribution < 1.29 is 19.5 Å². The van der Waals surface area contributed by atoms with Crippen LogP contribution < -0.4 is 4.90 Å². The van der Waals surface area contributed by atoms with Crippen LogP contribution in [0.25, 0.3) is 0 Å². The molecular weight excluding hydrogens is 304 g/mol. The van der Waals surface area contributed by atoms with Gasteiger partial charge < -0.3 is 19.3 Å². The van der Waals surface area contributed by atoms with Gasteiger partial charge in [0.05, 0.1) is 7.11 Å². The standard InChI is InChI=1S/C14H22N4O3S/c1-21-13(20)11-7-10(19)8-16(11)9-18-14(22)17-6-4-2-3-5-12(17)15-18/h10-11,19H,2-9H2,1H3/p+1/t10-,11+/m1/s1. The second-order valence-electron chi connectivity index (χ2n) is 6.15. The molecule has 0 amide bonds. The van der Waals surface area contributed by atoms with Gasteiger partial charge in [0.15, 0.2) is 12.7 Å². The first-order valence-electron chi connectivity index (χ1n) is 7.87. The molecule has 0 spiro atoms. The van der Waals surface area contributed by atoms with Crippen LogP contribution in [-0.2, 0) is 29.2 Å². The van der Waals surface area contributed by atoms with E-state index in [1.165, 1.54) is 13.5 Å². The van der Waals surface area contributed by atoms with Crippen LogP contribution >= 0.6 is 12.2 Å². The molecule has 122 valence electrons. The number of hydrogen-bond acceptors (Lipinski definition) is 5. The second-order valence-corrected chi connectivity index (χ2v) is 6.51. The zero-order valence-electron chi connectivity index (χ0n) is 12.8. The topological polar surface area (TPSA) is 73.7 Å². The van der Waals surface area contributed by atoms with Crippen molar-refractivity contribution in [3.05, 3.63) is 10.6 Å². The molecule has 0 aliphatic carbocycles. The summed E-state index contributed by atoms with van der Waals surface area (Å²) in [4.78, 5) is 12.8. The molecule has 1 fully saturated rings. The minimum absolute atomic E-state index is 0.279. The van der Waals surface area contributed by atoms with Gasteiger partial charge in [-0.1, -0.05) is 6.42 Å². The maximum absolute atomic E-state index is 11.9. The number of ether oxygens (including phenoxy) is 1. The molecule has 3 heterocycles. The van der Waals surface area contributed by atoms with Gasteiger partial charge >= 0.3 is 5.97 Å². The lowest BCUT2D eigenvalue weighted by Crippen LogP contribution is -3.14. The number of aryl methyl sites for hydroxylation is 1. The number of hydrogen-bond donors (Lipinski definition) is 2. The molecule has 8 heteroatoms. The monoisotopic (exact) mass is 327 g/mol. The van der Waals surface area contributed by atoms with Gasteiger partial charge in [0.2, 0.25) is 4.77 Å². The molecule has 0 bridgehead atoms. The van der Waals surface area contributed by atoms with Gasteiger partial charge in [-0.05, 0) is 25.1 Å². The molecule has 1 aromatic rings. The Labute approximate surface area is 134 Å². The van der Waals surface area contributed by atoms with E-state index in [1.54, 1.807) is 4.68 Å². The van der Waals surface area contributed by atoms with Gasteiger partial charge in [0.1, 0.15) is 18.5 Å². The quantitative estimate of drug-likeness (QED) is 0.567. The van der Waals surface area contributed by atoms with Crippen molar-refractivity contribution in [1.29, 1.82) is 0 Å². The van der Waals surface area contributed by atoms with E-state index < -0.39 is 6.10 Å². The maximum Gasteiger partial charge on any atom is 0.364 e. The largest absolute Gasteiger partial charge is 0.465 e. The minimum atomic E-state index is -0.478. The van der Waals surface area contributed by atoms with Crippen molar-refractivity contribution in [1.82, 2.24) is 14.3 Å². The summed E-state index contributed by atoms with van der Waals surface area (Å²) in [5.41, 5.74) is 0. The molecule has 0 saturated carbocycles. The molecule has 7 nitrogen and oxygen atoms in total. The lowest BCUT2D eigenvalue weighted by atomic mass is 10.2. The summed E-state index contributed by atoms with van der Waals surface area (Å²) in [6, 6.07) is -0.344. The molecule has 1 saturated heterocycles. The molecule has 1 aromatic heterocycles. The van der Waals surface area contributed by atoms with E-state index in [0.717, 1.165) is 41.3 Å². The summed E-state index contributed by atoms with van der Waals surface area (Å²) in [5.74, 6) is 0.759. The highest BCUT2D eigenvalue weighted by molar-refractivity contribution is 7.71. The van der Waals surface area contributed by atoms with Crippen LogP contribution in [0.4, 0.5) is 0 Å². The van der Waals surface area contributed by atoms with E-state index in [9.17, 15) is 9.90 Å². The number of fused-ring (bicyclic) bond motifs is 1. The SMILES string of the molecule is COC(=O)[C@@H]1C[C@@H](O)C[NH+]1Cn1nc2n(c1=S)CCCCC2. The van der Waals surface area contributed by atoms with Crippen molar-refractivity contribution in [2.45, 2.75) is 57.5 Å². The molecule has 1 unspecified atom stereocenters. The van der Waals surface area contributed by atoms with Crippen LogP contribution in [-0.4, -0.2) is 51.2 Å². The number of rotatable bonds is 3. The molecule has 2 aliphatic heterocycles. The van der Waals surface area contributed by atoms with E-state index in [4.69, 9.17) is 17.0 Å². The summed E-state index contributed by atoms with van der Waals surface area (Å²) in [5, 5.41) is 14.5. The van der Waals surface area contributed by atoms with E-state index in [0.29, 0.717) is 19.6 Å². The number of aromatic nitrogens is 3. The number of methoxy groups -OCH3 is 1.